The molecule has 0 aromatic rings. The van der Waals surface area contributed by atoms with Crippen LogP contribution < -0.4 is 0 Å². The molecule has 0 aromatic carbocycles. The Morgan fingerprint density at radius 3 is 2.72 bits per heavy atom. The van der Waals surface area contributed by atoms with E-state index in [2.05, 4.69) is 6.08 Å². The summed E-state index contributed by atoms with van der Waals surface area (Å²) in [6.45, 7) is 0. The van der Waals surface area contributed by atoms with Crippen molar-refractivity contribution < 1.29 is 19.4 Å². The van der Waals surface area contributed by atoms with Crippen LogP contribution in [0.15, 0.2) is 12.2 Å². The van der Waals surface area contributed by atoms with E-state index in [0.29, 0.717) is 6.42 Å². The van der Waals surface area contributed by atoms with Gasteiger partial charge in [0.25, 0.3) is 0 Å². The number of hydrogen-bond donors (Lipinski definition) is 1. The molecule has 18 heavy (non-hydrogen) atoms. The number of aliphatic hydroxyl groups is 1. The Bertz CT molecular complexity index is 399. The third-order valence-corrected chi connectivity index (χ3v) is 5.19. The van der Waals surface area contributed by atoms with Gasteiger partial charge in [-0.1, -0.05) is 12.2 Å². The first-order chi connectivity index (χ1) is 8.59. The summed E-state index contributed by atoms with van der Waals surface area (Å²) >= 11 is 0. The molecular weight excluding hydrogens is 232 g/mol. The molecule has 0 saturated heterocycles. The van der Waals surface area contributed by atoms with Gasteiger partial charge in [0, 0.05) is 20.1 Å². The highest BCUT2D eigenvalue weighted by atomic mass is 16.7. The van der Waals surface area contributed by atoms with Crippen LogP contribution in [0.2, 0.25) is 0 Å². The largest absolute Gasteiger partial charge is 0.393 e. The van der Waals surface area contributed by atoms with Crippen molar-refractivity contribution in [1.29, 1.82) is 0 Å². The predicted octanol–water partition coefficient (Wildman–Crippen LogP) is 1.28. The fourth-order valence-electron chi connectivity index (χ4n) is 4.34. The summed E-state index contributed by atoms with van der Waals surface area (Å²) in [6, 6.07) is 0. The molecule has 0 radical (unpaired) electrons. The standard InChI is InChI=1S/C14H20O4/c1-17-14(18-2)12(16)9-3-5-13(14)6-4-11(15)8-10(13)7-9/h3,5,9-11,15H,4,6-8H2,1-2H3/t9-,10?,11-,13-/m0/s1. The fourth-order valence-corrected chi connectivity index (χ4v) is 4.34. The molecule has 2 bridgehead atoms. The Morgan fingerprint density at radius 2 is 2.06 bits per heavy atom. The van der Waals surface area contributed by atoms with E-state index in [1.165, 1.54) is 0 Å². The number of carbonyl (C=O) groups excluding carboxylic acids is 1. The lowest BCUT2D eigenvalue weighted by molar-refractivity contribution is -0.284. The Labute approximate surface area is 107 Å². The maximum absolute atomic E-state index is 12.5. The van der Waals surface area contributed by atoms with E-state index in [0.717, 1.165) is 19.3 Å². The van der Waals surface area contributed by atoms with Gasteiger partial charge in [0.2, 0.25) is 5.79 Å². The highest BCUT2D eigenvalue weighted by Gasteiger charge is 2.67. The van der Waals surface area contributed by atoms with Crippen LogP contribution in [0.25, 0.3) is 0 Å². The Morgan fingerprint density at radius 1 is 1.33 bits per heavy atom. The van der Waals surface area contributed by atoms with E-state index in [4.69, 9.17) is 9.47 Å². The number of allylic oxidation sites excluding steroid dienone is 1. The van der Waals surface area contributed by atoms with E-state index in [-0.39, 0.29) is 29.1 Å². The van der Waals surface area contributed by atoms with Crippen molar-refractivity contribution in [2.24, 2.45) is 17.3 Å². The average molecular weight is 252 g/mol. The SMILES string of the molecule is COC1(OC)C(=O)[C@H]2C=C[C@@]13CC[C@H](O)CC3C2. The van der Waals surface area contributed by atoms with Gasteiger partial charge in [0.05, 0.1) is 11.5 Å². The molecule has 0 heterocycles. The van der Waals surface area contributed by atoms with Crippen LogP contribution in [-0.2, 0) is 14.3 Å². The van der Waals surface area contributed by atoms with Crippen LogP contribution >= 0.6 is 0 Å². The first-order valence-electron chi connectivity index (χ1n) is 6.61. The van der Waals surface area contributed by atoms with Gasteiger partial charge < -0.3 is 14.6 Å². The van der Waals surface area contributed by atoms with E-state index < -0.39 is 5.79 Å². The summed E-state index contributed by atoms with van der Waals surface area (Å²) in [6.07, 6.45) is 6.88. The lowest BCUT2D eigenvalue weighted by Gasteiger charge is -2.59. The van der Waals surface area contributed by atoms with Crippen molar-refractivity contribution in [3.8, 4) is 0 Å². The molecule has 1 unspecified atom stereocenters. The smallest absolute Gasteiger partial charge is 0.238 e. The molecule has 4 heteroatoms. The number of ketones is 1. The number of methoxy groups -OCH3 is 2. The molecular formula is C14H20O4. The van der Waals surface area contributed by atoms with Crippen LogP contribution in [-0.4, -0.2) is 37.0 Å². The average Bonchev–Trinajstić information content (AvgIpc) is 2.39. The zero-order valence-corrected chi connectivity index (χ0v) is 10.9. The highest BCUT2D eigenvalue weighted by Crippen LogP contribution is 2.61. The number of Topliss-reactive ketones (excluding diaryl/α,β-unsaturated/α-hetero) is 1. The summed E-state index contributed by atoms with van der Waals surface area (Å²) in [5.41, 5.74) is -0.387. The molecule has 0 amide bonds. The zero-order valence-electron chi connectivity index (χ0n) is 10.9. The number of fused-ring (bicyclic) bond motifs is 1. The van der Waals surface area contributed by atoms with Gasteiger partial charge in [-0.3, -0.25) is 4.79 Å². The summed E-state index contributed by atoms with van der Waals surface area (Å²) in [5, 5.41) is 9.86. The Balaban J connectivity index is 2.11. The minimum absolute atomic E-state index is 0.0441. The minimum Gasteiger partial charge on any atom is -0.393 e. The molecule has 2 fully saturated rings. The number of ether oxygens (including phenoxy) is 2. The lowest BCUT2D eigenvalue weighted by atomic mass is 9.50. The molecule has 4 nitrogen and oxygen atoms in total. The van der Waals surface area contributed by atoms with E-state index in [9.17, 15) is 9.90 Å². The van der Waals surface area contributed by atoms with Gasteiger partial charge in [0.15, 0.2) is 5.78 Å². The van der Waals surface area contributed by atoms with Gasteiger partial charge in [-0.15, -0.1) is 0 Å². The second-order valence-corrected chi connectivity index (χ2v) is 5.76. The molecule has 4 rings (SSSR count). The van der Waals surface area contributed by atoms with Crippen LogP contribution in [0, 0.1) is 17.3 Å². The first kappa shape index (κ1) is 12.3. The van der Waals surface area contributed by atoms with Crippen LogP contribution in [0.4, 0.5) is 0 Å². The summed E-state index contributed by atoms with van der Waals surface area (Å²) in [5.74, 6) is -0.950. The van der Waals surface area contributed by atoms with Crippen molar-refractivity contribution in [1.82, 2.24) is 0 Å². The van der Waals surface area contributed by atoms with Crippen molar-refractivity contribution in [3.05, 3.63) is 12.2 Å². The Kier molecular flexibility index (Phi) is 2.66. The maximum atomic E-state index is 12.5. The normalized spacial score (nSPS) is 45.1. The molecule has 4 aliphatic carbocycles. The minimum atomic E-state index is -1.14. The van der Waals surface area contributed by atoms with Gasteiger partial charge >= 0.3 is 0 Å². The summed E-state index contributed by atoms with van der Waals surface area (Å²) in [7, 11) is 3.10. The topological polar surface area (TPSA) is 55.8 Å². The van der Waals surface area contributed by atoms with Crippen LogP contribution in [0.3, 0.4) is 0 Å². The number of hydrogen-bond acceptors (Lipinski definition) is 4. The van der Waals surface area contributed by atoms with E-state index >= 15 is 0 Å². The first-order valence-corrected chi connectivity index (χ1v) is 6.61. The fraction of sp³-hybridized carbons (Fsp3) is 0.786. The molecule has 1 N–H and O–H groups in total. The zero-order chi connectivity index (χ0) is 13.0. The third-order valence-electron chi connectivity index (χ3n) is 5.19. The maximum Gasteiger partial charge on any atom is 0.238 e. The van der Waals surface area contributed by atoms with Crippen molar-refractivity contribution in [2.75, 3.05) is 14.2 Å². The molecule has 2 saturated carbocycles. The van der Waals surface area contributed by atoms with Crippen molar-refractivity contribution in [3.63, 3.8) is 0 Å². The molecule has 100 valence electrons. The van der Waals surface area contributed by atoms with Gasteiger partial charge in [-0.25, -0.2) is 0 Å². The second kappa shape index (κ2) is 3.89. The van der Waals surface area contributed by atoms with E-state index in [1.54, 1.807) is 14.2 Å². The van der Waals surface area contributed by atoms with Gasteiger partial charge in [-0.2, -0.15) is 0 Å². The predicted molar refractivity (Wildman–Crippen MR) is 64.8 cm³/mol. The van der Waals surface area contributed by atoms with E-state index in [1.807, 2.05) is 6.08 Å². The molecule has 1 spiro atoms. The second-order valence-electron chi connectivity index (χ2n) is 5.76. The molecule has 0 aromatic heterocycles. The quantitative estimate of drug-likeness (QED) is 0.594. The summed E-state index contributed by atoms with van der Waals surface area (Å²) < 4.78 is 11.1. The third kappa shape index (κ3) is 1.23. The number of rotatable bonds is 2. The summed E-state index contributed by atoms with van der Waals surface area (Å²) in [4.78, 5) is 12.5. The van der Waals surface area contributed by atoms with Crippen LogP contribution in [0.1, 0.15) is 25.7 Å². The Hall–Kier alpha value is -0.710. The number of carbonyl (C=O) groups is 1. The lowest BCUT2D eigenvalue weighted by Crippen LogP contribution is -2.67. The van der Waals surface area contributed by atoms with Gasteiger partial charge in [-0.05, 0) is 31.6 Å². The molecule has 4 aliphatic rings. The van der Waals surface area contributed by atoms with Gasteiger partial charge in [0.1, 0.15) is 0 Å². The van der Waals surface area contributed by atoms with Crippen LogP contribution in [0.5, 0.6) is 0 Å². The van der Waals surface area contributed by atoms with Crippen molar-refractivity contribution in [2.45, 2.75) is 37.6 Å². The highest BCUT2D eigenvalue weighted by molar-refractivity contribution is 5.93. The van der Waals surface area contributed by atoms with Crippen molar-refractivity contribution >= 4 is 5.78 Å². The molecule has 0 aliphatic heterocycles. The monoisotopic (exact) mass is 252 g/mol. The molecule has 4 atom stereocenters. The number of aliphatic hydroxyl groups excluding tert-OH is 1.